The van der Waals surface area contributed by atoms with E-state index < -0.39 is 10.0 Å². The largest absolute Gasteiger partial charge is 0.496 e. The van der Waals surface area contributed by atoms with Gasteiger partial charge in [0.1, 0.15) is 5.75 Å². The number of hydrogen-bond donors (Lipinski definition) is 0. The Morgan fingerprint density at radius 3 is 2.80 bits per heavy atom. The quantitative estimate of drug-likeness (QED) is 0.825. The number of benzene rings is 1. The summed E-state index contributed by atoms with van der Waals surface area (Å²) in [6.45, 7) is 2.65. The van der Waals surface area contributed by atoms with Crippen LogP contribution in [0.25, 0.3) is 0 Å². The summed E-state index contributed by atoms with van der Waals surface area (Å²) in [7, 11) is -1.91. The summed E-state index contributed by atoms with van der Waals surface area (Å²) in [4.78, 5) is 0.304. The zero-order chi connectivity index (χ0) is 14.8. The zero-order valence-electron chi connectivity index (χ0n) is 11.8. The van der Waals surface area contributed by atoms with Gasteiger partial charge < -0.3 is 4.74 Å². The molecule has 0 aromatic heterocycles. The third kappa shape index (κ3) is 3.02. The molecule has 1 atom stereocenters. The van der Waals surface area contributed by atoms with E-state index in [-0.39, 0.29) is 6.04 Å². The van der Waals surface area contributed by atoms with E-state index in [0.29, 0.717) is 17.2 Å². The Kier molecular flexibility index (Phi) is 5.09. The highest BCUT2D eigenvalue weighted by molar-refractivity contribution is 9.10. The maximum Gasteiger partial charge on any atom is 0.243 e. The van der Waals surface area contributed by atoms with Gasteiger partial charge in [-0.2, -0.15) is 4.31 Å². The van der Waals surface area contributed by atoms with E-state index in [4.69, 9.17) is 4.74 Å². The molecule has 1 aliphatic rings. The van der Waals surface area contributed by atoms with Crippen LogP contribution in [0.3, 0.4) is 0 Å². The standard InChI is InChI=1S/C14H20BrNO3S/c1-3-11-6-4-5-9-16(11)20(17,18)12-7-8-13(15)14(10-12)19-2/h7-8,10-11H,3-6,9H2,1-2H3/t11-/m0/s1. The van der Waals surface area contributed by atoms with Crippen LogP contribution in [-0.4, -0.2) is 32.4 Å². The van der Waals surface area contributed by atoms with Crippen molar-refractivity contribution in [2.24, 2.45) is 0 Å². The minimum Gasteiger partial charge on any atom is -0.496 e. The molecule has 1 aromatic rings. The number of piperidine rings is 1. The normalized spacial score (nSPS) is 20.9. The van der Waals surface area contributed by atoms with E-state index in [9.17, 15) is 8.42 Å². The second kappa shape index (κ2) is 6.45. The van der Waals surface area contributed by atoms with Gasteiger partial charge in [0.2, 0.25) is 10.0 Å². The maximum absolute atomic E-state index is 12.8. The molecule has 112 valence electrons. The highest BCUT2D eigenvalue weighted by Gasteiger charge is 2.32. The number of hydrogen-bond acceptors (Lipinski definition) is 3. The average molecular weight is 362 g/mol. The van der Waals surface area contributed by atoms with E-state index in [0.717, 1.165) is 30.2 Å². The Labute approximate surface area is 129 Å². The van der Waals surface area contributed by atoms with Crippen molar-refractivity contribution >= 4 is 26.0 Å². The number of rotatable bonds is 4. The lowest BCUT2D eigenvalue weighted by atomic mass is 10.0. The Balaban J connectivity index is 2.38. The van der Waals surface area contributed by atoms with E-state index in [1.54, 1.807) is 22.5 Å². The molecule has 0 bridgehead atoms. The Bertz CT molecular complexity index is 574. The number of halogens is 1. The molecule has 0 saturated carbocycles. The fraction of sp³-hybridized carbons (Fsp3) is 0.571. The summed E-state index contributed by atoms with van der Waals surface area (Å²) in [5.41, 5.74) is 0. The number of ether oxygens (including phenoxy) is 1. The molecule has 0 spiro atoms. The van der Waals surface area contributed by atoms with Gasteiger partial charge in [0.05, 0.1) is 16.5 Å². The molecule has 0 radical (unpaired) electrons. The van der Waals surface area contributed by atoms with Crippen molar-refractivity contribution in [2.45, 2.75) is 43.5 Å². The lowest BCUT2D eigenvalue weighted by Crippen LogP contribution is -2.43. The molecule has 1 aromatic carbocycles. The minimum atomic E-state index is -3.44. The molecule has 4 nitrogen and oxygen atoms in total. The third-order valence-electron chi connectivity index (χ3n) is 3.77. The topological polar surface area (TPSA) is 46.6 Å². The molecular weight excluding hydrogens is 342 g/mol. The summed E-state index contributed by atoms with van der Waals surface area (Å²) in [6.07, 6.45) is 3.84. The van der Waals surface area contributed by atoms with Gasteiger partial charge in [-0.05, 0) is 47.3 Å². The molecule has 1 saturated heterocycles. The summed E-state index contributed by atoms with van der Waals surface area (Å²) in [6, 6.07) is 5.05. The lowest BCUT2D eigenvalue weighted by Gasteiger charge is -2.34. The Morgan fingerprint density at radius 1 is 1.40 bits per heavy atom. The average Bonchev–Trinajstić information content (AvgIpc) is 2.47. The first kappa shape index (κ1) is 15.8. The Hall–Kier alpha value is -0.590. The van der Waals surface area contributed by atoms with Crippen molar-refractivity contribution < 1.29 is 13.2 Å². The van der Waals surface area contributed by atoms with Crippen molar-refractivity contribution in [1.82, 2.24) is 4.31 Å². The first-order valence-electron chi connectivity index (χ1n) is 6.86. The van der Waals surface area contributed by atoms with Crippen LogP contribution in [-0.2, 0) is 10.0 Å². The second-order valence-corrected chi connectivity index (χ2v) is 7.71. The van der Waals surface area contributed by atoms with Crippen LogP contribution in [0, 0.1) is 0 Å². The fourth-order valence-electron chi connectivity index (χ4n) is 2.63. The molecule has 1 fully saturated rings. The van der Waals surface area contributed by atoms with Crippen LogP contribution in [0.2, 0.25) is 0 Å². The summed E-state index contributed by atoms with van der Waals surface area (Å²) >= 11 is 3.35. The fourth-order valence-corrected chi connectivity index (χ4v) is 4.83. The van der Waals surface area contributed by atoms with Gasteiger partial charge in [0, 0.05) is 18.7 Å². The van der Waals surface area contributed by atoms with Gasteiger partial charge in [0.15, 0.2) is 0 Å². The van der Waals surface area contributed by atoms with Crippen molar-refractivity contribution in [3.05, 3.63) is 22.7 Å². The monoisotopic (exact) mass is 361 g/mol. The van der Waals surface area contributed by atoms with Crippen LogP contribution < -0.4 is 4.74 Å². The van der Waals surface area contributed by atoms with Crippen molar-refractivity contribution in [1.29, 1.82) is 0 Å². The molecule has 20 heavy (non-hydrogen) atoms. The SMILES string of the molecule is CC[C@H]1CCCCN1S(=O)(=O)c1ccc(Br)c(OC)c1. The highest BCUT2D eigenvalue weighted by Crippen LogP contribution is 2.31. The van der Waals surface area contributed by atoms with E-state index in [2.05, 4.69) is 15.9 Å². The maximum atomic E-state index is 12.8. The first-order chi connectivity index (χ1) is 9.50. The van der Waals surface area contributed by atoms with Crippen LogP contribution in [0.15, 0.2) is 27.6 Å². The van der Waals surface area contributed by atoms with Crippen LogP contribution >= 0.6 is 15.9 Å². The van der Waals surface area contributed by atoms with E-state index >= 15 is 0 Å². The van der Waals surface area contributed by atoms with Gasteiger partial charge >= 0.3 is 0 Å². The van der Waals surface area contributed by atoms with Crippen molar-refractivity contribution in [2.75, 3.05) is 13.7 Å². The van der Waals surface area contributed by atoms with Gasteiger partial charge in [-0.15, -0.1) is 0 Å². The molecule has 2 rings (SSSR count). The predicted molar refractivity (Wildman–Crippen MR) is 82.5 cm³/mol. The Morgan fingerprint density at radius 2 is 2.15 bits per heavy atom. The molecule has 1 aliphatic heterocycles. The zero-order valence-corrected chi connectivity index (χ0v) is 14.2. The smallest absolute Gasteiger partial charge is 0.243 e. The van der Waals surface area contributed by atoms with Gasteiger partial charge in [-0.3, -0.25) is 0 Å². The summed E-state index contributed by atoms with van der Waals surface area (Å²) in [5, 5.41) is 0. The third-order valence-corrected chi connectivity index (χ3v) is 6.38. The molecular formula is C14H20BrNO3S. The van der Waals surface area contributed by atoms with Crippen LogP contribution in [0.1, 0.15) is 32.6 Å². The van der Waals surface area contributed by atoms with Crippen molar-refractivity contribution in [3.8, 4) is 5.75 Å². The molecule has 0 N–H and O–H groups in total. The van der Waals surface area contributed by atoms with Gasteiger partial charge in [-0.1, -0.05) is 13.3 Å². The molecule has 0 unspecified atom stereocenters. The predicted octanol–water partition coefficient (Wildman–Crippen LogP) is 3.41. The number of methoxy groups -OCH3 is 1. The van der Waals surface area contributed by atoms with Gasteiger partial charge in [-0.25, -0.2) is 8.42 Å². The second-order valence-electron chi connectivity index (χ2n) is 4.97. The van der Waals surface area contributed by atoms with Crippen LogP contribution in [0.4, 0.5) is 0 Å². The molecule has 0 aliphatic carbocycles. The molecule has 6 heteroatoms. The van der Waals surface area contributed by atoms with Crippen molar-refractivity contribution in [3.63, 3.8) is 0 Å². The van der Waals surface area contributed by atoms with E-state index in [1.165, 1.54) is 7.11 Å². The molecule has 1 heterocycles. The van der Waals surface area contributed by atoms with Gasteiger partial charge in [0.25, 0.3) is 0 Å². The number of sulfonamides is 1. The minimum absolute atomic E-state index is 0.114. The van der Waals surface area contributed by atoms with E-state index in [1.807, 2.05) is 6.92 Å². The first-order valence-corrected chi connectivity index (χ1v) is 9.09. The lowest BCUT2D eigenvalue weighted by molar-refractivity contribution is 0.246. The highest BCUT2D eigenvalue weighted by atomic mass is 79.9. The number of nitrogens with zero attached hydrogens (tertiary/aromatic N) is 1. The summed E-state index contributed by atoms with van der Waals surface area (Å²) in [5.74, 6) is 0.538. The molecule has 0 amide bonds. The van der Waals surface area contributed by atoms with Crippen LogP contribution in [0.5, 0.6) is 5.75 Å². The summed E-state index contributed by atoms with van der Waals surface area (Å²) < 4.78 is 33.2.